The number of nitrogens with one attached hydrogen (secondary N) is 2. The Bertz CT molecular complexity index is 2160. The number of amides is 2. The van der Waals surface area contributed by atoms with E-state index in [9.17, 15) is 23.5 Å². The zero-order valence-electron chi connectivity index (χ0n) is 28.6. The number of ether oxygens (including phenoxy) is 7. The summed E-state index contributed by atoms with van der Waals surface area (Å²) in [5.74, 6) is -2.88. The van der Waals surface area contributed by atoms with Crippen LogP contribution >= 0.6 is 0 Å². The smallest absolute Gasteiger partial charge is 0.362 e. The highest BCUT2D eigenvalue weighted by molar-refractivity contribution is 7.85. The number of benzene rings is 2. The van der Waals surface area contributed by atoms with E-state index in [1.807, 2.05) is 4.72 Å². The topological polar surface area (TPSA) is 259 Å². The lowest BCUT2D eigenvalue weighted by molar-refractivity contribution is -0.198. The number of anilines is 1. The minimum atomic E-state index is -4.68. The summed E-state index contributed by atoms with van der Waals surface area (Å²) in [6.45, 7) is 2.45. The first-order chi connectivity index (χ1) is 25.4. The molecule has 21 nitrogen and oxygen atoms in total. The van der Waals surface area contributed by atoms with E-state index in [0.717, 1.165) is 0 Å². The summed E-state index contributed by atoms with van der Waals surface area (Å²) in [5.41, 5.74) is 9.41. The van der Waals surface area contributed by atoms with Gasteiger partial charge in [-0.2, -0.15) is 8.42 Å². The average Bonchev–Trinajstić information content (AvgIpc) is 3.79. The summed E-state index contributed by atoms with van der Waals surface area (Å²) < 4.78 is 73.5. The van der Waals surface area contributed by atoms with Crippen molar-refractivity contribution in [3.63, 3.8) is 0 Å². The van der Waals surface area contributed by atoms with Crippen LogP contribution in [0.1, 0.15) is 40.8 Å². The van der Waals surface area contributed by atoms with Gasteiger partial charge < -0.3 is 38.5 Å². The summed E-state index contributed by atoms with van der Waals surface area (Å²) in [6, 6.07) is 12.4. The van der Waals surface area contributed by atoms with Crippen molar-refractivity contribution in [3.8, 4) is 11.5 Å². The molecule has 4 atom stereocenters. The molecule has 53 heavy (non-hydrogen) atoms. The molecule has 2 fully saturated rings. The molecule has 2 N–H and O–H groups in total. The van der Waals surface area contributed by atoms with Crippen molar-refractivity contribution in [2.75, 3.05) is 39.7 Å². The molecule has 4 aromatic rings. The number of azide groups is 1. The van der Waals surface area contributed by atoms with E-state index in [1.165, 1.54) is 49.4 Å². The van der Waals surface area contributed by atoms with E-state index in [-0.39, 0.29) is 59.1 Å². The number of carbonyl (C=O) groups is 2. The van der Waals surface area contributed by atoms with E-state index < -0.39 is 59.1 Å². The van der Waals surface area contributed by atoms with E-state index in [4.69, 9.17) is 37.3 Å². The molecule has 0 aliphatic carbocycles. The Balaban J connectivity index is 1.24. The van der Waals surface area contributed by atoms with Crippen molar-refractivity contribution in [1.82, 2.24) is 24.2 Å². The first-order valence-electron chi connectivity index (χ1n) is 15.7. The molecule has 2 aliphatic heterocycles. The Hall–Kier alpha value is -5.45. The first-order valence-corrected chi connectivity index (χ1v) is 17.1. The highest BCUT2D eigenvalue weighted by Crippen LogP contribution is 2.44. The van der Waals surface area contributed by atoms with Crippen molar-refractivity contribution in [3.05, 3.63) is 76.4 Å². The van der Waals surface area contributed by atoms with Crippen LogP contribution < -0.4 is 19.5 Å². The fraction of sp³-hybridized carbons (Fsp3) is 0.387. The average molecular weight is 756 g/mol. The SMILES string of the molecule is COCOc1ccccc1C(=O)Nc1nc(N=[N+]=[N-])nc2c1ncn2[C@@H]1O[C@H](COS(=O)(=O)NC(=O)c2ccccc2OCOC)[C@H]2OC(C)(C)O[C@H]21. The maximum Gasteiger partial charge on any atom is 0.362 e. The zero-order chi connectivity index (χ0) is 37.8. The van der Waals surface area contributed by atoms with Crippen LogP contribution in [0.2, 0.25) is 0 Å². The predicted octanol–water partition coefficient (Wildman–Crippen LogP) is 3.09. The number of fused-ring (bicyclic) bond motifs is 2. The Labute approximate surface area is 301 Å². The summed E-state index contributed by atoms with van der Waals surface area (Å²) in [4.78, 5) is 42.0. The molecule has 0 unspecified atom stereocenters. The van der Waals surface area contributed by atoms with Gasteiger partial charge in [-0.3, -0.25) is 18.3 Å². The highest BCUT2D eigenvalue weighted by atomic mass is 32.2. The van der Waals surface area contributed by atoms with Gasteiger partial charge in [0.2, 0.25) is 5.95 Å². The number of aromatic nitrogens is 4. The second-order valence-electron chi connectivity index (χ2n) is 11.7. The van der Waals surface area contributed by atoms with Gasteiger partial charge in [0.05, 0.1) is 24.1 Å². The molecule has 0 bridgehead atoms. The van der Waals surface area contributed by atoms with Gasteiger partial charge in [0, 0.05) is 19.1 Å². The van der Waals surface area contributed by atoms with Gasteiger partial charge in [-0.15, -0.1) is 0 Å². The number of carbonyl (C=O) groups excluding carboxylic acids is 2. The Morgan fingerprint density at radius 2 is 1.58 bits per heavy atom. The molecule has 6 rings (SSSR count). The number of hydrogen-bond donors (Lipinski definition) is 2. The molecule has 22 heteroatoms. The maximum atomic E-state index is 13.4. The van der Waals surface area contributed by atoms with Crippen LogP contribution in [0.5, 0.6) is 11.5 Å². The Morgan fingerprint density at radius 3 is 2.23 bits per heavy atom. The standard InChI is InChI=1S/C31H33N9O12S/c1-31(2)51-23-21(13-49-53(43,44)38-28(42)18-10-6-8-12-20(18)48-16-46-4)50-29(24(23)52-31)40-14-33-22-25(35-30(37-39-32)36-26(22)40)34-27(41)17-9-5-7-11-19(17)47-15-45-3/h5-12,14,21,23-24,29H,13,15-16H2,1-4H3,(H,38,42)(H,34,35,36,41)/t21-,23-,24-,29-/m1/s1. The second kappa shape index (κ2) is 15.7. The number of methoxy groups -OCH3 is 2. The molecule has 280 valence electrons. The van der Waals surface area contributed by atoms with Gasteiger partial charge >= 0.3 is 10.3 Å². The largest absolute Gasteiger partial charge is 0.467 e. The van der Waals surface area contributed by atoms with Crippen LogP contribution in [0.4, 0.5) is 11.8 Å². The second-order valence-corrected chi connectivity index (χ2v) is 13.1. The number of imidazole rings is 1. The Kier molecular flexibility index (Phi) is 11.0. The van der Waals surface area contributed by atoms with Crippen molar-refractivity contribution >= 4 is 45.0 Å². The summed E-state index contributed by atoms with van der Waals surface area (Å²) in [5, 5.41) is 6.19. The number of nitrogens with zero attached hydrogens (tertiary/aromatic N) is 7. The molecule has 2 aromatic heterocycles. The Morgan fingerprint density at radius 1 is 0.962 bits per heavy atom. The third kappa shape index (κ3) is 8.29. The molecule has 2 aromatic carbocycles. The first kappa shape index (κ1) is 37.3. The third-order valence-electron chi connectivity index (χ3n) is 7.71. The van der Waals surface area contributed by atoms with Crippen LogP contribution in [-0.2, 0) is 38.2 Å². The third-order valence-corrected chi connectivity index (χ3v) is 8.59. The molecule has 0 spiro atoms. The fourth-order valence-corrected chi connectivity index (χ4v) is 6.32. The van der Waals surface area contributed by atoms with E-state index in [0.29, 0.717) is 0 Å². The minimum absolute atomic E-state index is 0.0643. The van der Waals surface area contributed by atoms with Crippen LogP contribution in [0.25, 0.3) is 21.6 Å². The quantitative estimate of drug-likeness (QED) is 0.0765. The normalized spacial score (nSPS) is 20.4. The maximum absolute atomic E-state index is 13.4. The number of rotatable bonds is 15. The summed E-state index contributed by atoms with van der Waals surface area (Å²) in [7, 11) is -1.85. The van der Waals surface area contributed by atoms with E-state index in [1.54, 1.807) is 38.1 Å². The molecule has 0 saturated carbocycles. The van der Waals surface area contributed by atoms with Crippen molar-refractivity contribution in [2.24, 2.45) is 5.11 Å². The number of para-hydroxylation sites is 2. The van der Waals surface area contributed by atoms with Gasteiger partial charge in [0.25, 0.3) is 11.8 Å². The predicted molar refractivity (Wildman–Crippen MR) is 180 cm³/mol. The fourth-order valence-electron chi connectivity index (χ4n) is 5.61. The van der Waals surface area contributed by atoms with Crippen LogP contribution in [0.15, 0.2) is 60.0 Å². The van der Waals surface area contributed by atoms with E-state index in [2.05, 4.69) is 30.3 Å². The lowest BCUT2D eigenvalue weighted by atomic mass is 10.1. The molecule has 2 aliphatic rings. The molecule has 2 amide bonds. The van der Waals surface area contributed by atoms with Gasteiger partial charge in [0.15, 0.2) is 42.6 Å². The minimum Gasteiger partial charge on any atom is -0.467 e. The van der Waals surface area contributed by atoms with Crippen molar-refractivity contribution in [1.29, 1.82) is 0 Å². The molecule has 2 saturated heterocycles. The van der Waals surface area contributed by atoms with Crippen LogP contribution in [-0.4, -0.2) is 98.3 Å². The van der Waals surface area contributed by atoms with Gasteiger partial charge in [-0.25, -0.2) is 19.7 Å². The lowest BCUT2D eigenvalue weighted by Gasteiger charge is -2.24. The number of hydrogen-bond acceptors (Lipinski definition) is 16. The van der Waals surface area contributed by atoms with Crippen molar-refractivity contribution < 1.29 is 55.3 Å². The van der Waals surface area contributed by atoms with Gasteiger partial charge in [0.1, 0.15) is 29.8 Å². The van der Waals surface area contributed by atoms with Gasteiger partial charge in [-0.1, -0.05) is 24.3 Å². The van der Waals surface area contributed by atoms with Crippen LogP contribution in [0.3, 0.4) is 0 Å². The van der Waals surface area contributed by atoms with Crippen molar-refractivity contribution in [2.45, 2.75) is 44.2 Å². The molecule has 0 radical (unpaired) electrons. The molecular weight excluding hydrogens is 722 g/mol. The summed E-state index contributed by atoms with van der Waals surface area (Å²) in [6.07, 6.45) is -2.51. The summed E-state index contributed by atoms with van der Waals surface area (Å²) >= 11 is 0. The zero-order valence-corrected chi connectivity index (χ0v) is 29.4. The molecular formula is C31H33N9O12S. The van der Waals surface area contributed by atoms with Gasteiger partial charge in [-0.05, 0) is 48.8 Å². The highest BCUT2D eigenvalue weighted by Gasteiger charge is 2.56. The van der Waals surface area contributed by atoms with E-state index >= 15 is 0 Å². The lowest BCUT2D eigenvalue weighted by Crippen LogP contribution is -2.37. The molecule has 4 heterocycles. The van der Waals surface area contributed by atoms with Crippen LogP contribution in [0, 0.1) is 0 Å². The monoisotopic (exact) mass is 755 g/mol.